The van der Waals surface area contributed by atoms with E-state index in [1.165, 1.54) is 5.56 Å². The second kappa shape index (κ2) is 6.17. The summed E-state index contributed by atoms with van der Waals surface area (Å²) in [5, 5.41) is 2.98. The smallest absolute Gasteiger partial charge is 0.238 e. The molecule has 1 amide bonds. The lowest BCUT2D eigenvalue weighted by atomic mass is 10.1. The minimum absolute atomic E-state index is 0.0451. The molecule has 4 heteroatoms. The van der Waals surface area contributed by atoms with Crippen LogP contribution in [0.4, 0.5) is 5.69 Å². The van der Waals surface area contributed by atoms with Crippen LogP contribution in [0, 0.1) is 13.8 Å². The topological polar surface area (TPSA) is 41.6 Å². The van der Waals surface area contributed by atoms with Gasteiger partial charge in [0.15, 0.2) is 0 Å². The van der Waals surface area contributed by atoms with Crippen molar-refractivity contribution in [2.45, 2.75) is 26.4 Å². The van der Waals surface area contributed by atoms with Crippen LogP contribution >= 0.6 is 0 Å². The molecule has 104 valence electrons. The highest BCUT2D eigenvalue weighted by molar-refractivity contribution is 5.93. The maximum atomic E-state index is 12.0. The number of nitrogens with one attached hydrogen (secondary N) is 1. The van der Waals surface area contributed by atoms with Gasteiger partial charge in [-0.3, -0.25) is 9.69 Å². The van der Waals surface area contributed by atoms with Crippen LogP contribution < -0.4 is 5.32 Å². The lowest BCUT2D eigenvalue weighted by Crippen LogP contribution is -2.32. The molecule has 0 radical (unpaired) electrons. The van der Waals surface area contributed by atoms with Crippen LogP contribution in [-0.4, -0.2) is 43.7 Å². The molecule has 0 aliphatic carbocycles. The van der Waals surface area contributed by atoms with Crippen molar-refractivity contribution in [3.8, 4) is 0 Å². The number of carbonyl (C=O) groups is 1. The summed E-state index contributed by atoms with van der Waals surface area (Å²) in [4.78, 5) is 14.1. The highest BCUT2D eigenvalue weighted by Crippen LogP contribution is 2.16. The highest BCUT2D eigenvalue weighted by atomic mass is 16.5. The molecule has 0 spiro atoms. The number of rotatable bonds is 4. The summed E-state index contributed by atoms with van der Waals surface area (Å²) in [5.74, 6) is 0.0451. The molecule has 1 fully saturated rings. The Morgan fingerprint density at radius 3 is 2.89 bits per heavy atom. The maximum absolute atomic E-state index is 12.0. The van der Waals surface area contributed by atoms with Gasteiger partial charge in [-0.2, -0.15) is 0 Å². The maximum Gasteiger partial charge on any atom is 0.238 e. The number of hydrogen-bond donors (Lipinski definition) is 1. The van der Waals surface area contributed by atoms with Crippen LogP contribution in [0.1, 0.15) is 17.5 Å². The van der Waals surface area contributed by atoms with Crippen molar-refractivity contribution in [2.24, 2.45) is 0 Å². The van der Waals surface area contributed by atoms with E-state index >= 15 is 0 Å². The highest BCUT2D eigenvalue weighted by Gasteiger charge is 2.23. The Bertz CT molecular complexity index is 459. The van der Waals surface area contributed by atoms with Crippen molar-refractivity contribution < 1.29 is 9.53 Å². The Balaban J connectivity index is 1.87. The fourth-order valence-electron chi connectivity index (χ4n) is 2.48. The van der Waals surface area contributed by atoms with Gasteiger partial charge in [-0.05, 0) is 31.9 Å². The summed E-state index contributed by atoms with van der Waals surface area (Å²) in [7, 11) is 1.73. The molecule has 2 rings (SSSR count). The standard InChI is InChI=1S/C15H22N2O2/c1-11-4-5-14(12(2)8-11)16-15(18)10-17-7-6-13(9-17)19-3/h4-5,8,13H,6-7,9-10H2,1-3H3,(H,16,18). The molecule has 1 saturated heterocycles. The lowest BCUT2D eigenvalue weighted by molar-refractivity contribution is -0.117. The van der Waals surface area contributed by atoms with Crippen molar-refractivity contribution in [2.75, 3.05) is 32.1 Å². The zero-order valence-electron chi connectivity index (χ0n) is 11.9. The molecular formula is C15H22N2O2. The van der Waals surface area contributed by atoms with Crippen molar-refractivity contribution in [1.82, 2.24) is 4.90 Å². The first-order valence-electron chi connectivity index (χ1n) is 6.70. The van der Waals surface area contributed by atoms with Crippen molar-refractivity contribution in [3.63, 3.8) is 0 Å². The van der Waals surface area contributed by atoms with Gasteiger partial charge in [0.1, 0.15) is 0 Å². The van der Waals surface area contributed by atoms with Crippen LogP contribution in [0.15, 0.2) is 18.2 Å². The molecule has 1 heterocycles. The average molecular weight is 262 g/mol. The number of carbonyl (C=O) groups excluding carboxylic acids is 1. The zero-order valence-corrected chi connectivity index (χ0v) is 11.9. The molecule has 0 saturated carbocycles. The largest absolute Gasteiger partial charge is 0.380 e. The van der Waals surface area contributed by atoms with E-state index in [0.717, 1.165) is 30.8 Å². The van der Waals surface area contributed by atoms with Gasteiger partial charge >= 0.3 is 0 Å². The SMILES string of the molecule is COC1CCN(CC(=O)Nc2ccc(C)cc2C)C1. The third-order valence-electron chi connectivity index (χ3n) is 3.59. The Kier molecular flexibility index (Phi) is 4.56. The second-order valence-electron chi connectivity index (χ2n) is 5.25. The first kappa shape index (κ1) is 14.0. The Labute approximate surface area is 114 Å². The third-order valence-corrected chi connectivity index (χ3v) is 3.59. The normalized spacial score (nSPS) is 19.6. The van der Waals surface area contributed by atoms with Gasteiger partial charge in [0.2, 0.25) is 5.91 Å². The molecule has 1 aliphatic heterocycles. The van der Waals surface area contributed by atoms with Crippen LogP contribution in [0.25, 0.3) is 0 Å². The van der Waals surface area contributed by atoms with E-state index in [4.69, 9.17) is 4.74 Å². The quantitative estimate of drug-likeness (QED) is 0.902. The number of methoxy groups -OCH3 is 1. The number of nitrogens with zero attached hydrogens (tertiary/aromatic N) is 1. The molecule has 4 nitrogen and oxygen atoms in total. The molecule has 1 N–H and O–H groups in total. The van der Waals surface area contributed by atoms with Crippen molar-refractivity contribution in [3.05, 3.63) is 29.3 Å². The van der Waals surface area contributed by atoms with E-state index < -0.39 is 0 Å². The number of ether oxygens (including phenoxy) is 1. The molecular weight excluding hydrogens is 240 g/mol. The van der Waals surface area contributed by atoms with Gasteiger partial charge in [0, 0.05) is 25.9 Å². The zero-order chi connectivity index (χ0) is 13.8. The molecule has 0 aromatic heterocycles. The van der Waals surface area contributed by atoms with Crippen LogP contribution in [-0.2, 0) is 9.53 Å². The van der Waals surface area contributed by atoms with Gasteiger partial charge in [0.25, 0.3) is 0 Å². The van der Waals surface area contributed by atoms with Gasteiger partial charge in [-0.1, -0.05) is 17.7 Å². The van der Waals surface area contributed by atoms with Crippen LogP contribution in [0.5, 0.6) is 0 Å². The molecule has 1 aromatic carbocycles. The molecule has 19 heavy (non-hydrogen) atoms. The minimum atomic E-state index is 0.0451. The Morgan fingerprint density at radius 1 is 1.47 bits per heavy atom. The van der Waals surface area contributed by atoms with Crippen molar-refractivity contribution in [1.29, 1.82) is 0 Å². The molecule has 0 bridgehead atoms. The summed E-state index contributed by atoms with van der Waals surface area (Å²) in [6.07, 6.45) is 1.28. The Morgan fingerprint density at radius 2 is 2.26 bits per heavy atom. The summed E-state index contributed by atoms with van der Waals surface area (Å²) in [5.41, 5.74) is 3.21. The van der Waals surface area contributed by atoms with E-state index in [0.29, 0.717) is 6.54 Å². The number of amides is 1. The van der Waals surface area contributed by atoms with Crippen LogP contribution in [0.2, 0.25) is 0 Å². The molecule has 1 atom stereocenters. The third kappa shape index (κ3) is 3.78. The lowest BCUT2D eigenvalue weighted by Gasteiger charge is -2.16. The molecule has 1 aliphatic rings. The fraction of sp³-hybridized carbons (Fsp3) is 0.533. The minimum Gasteiger partial charge on any atom is -0.380 e. The number of benzene rings is 1. The number of anilines is 1. The predicted octanol–water partition coefficient (Wildman–Crippen LogP) is 1.96. The van der Waals surface area contributed by atoms with E-state index in [1.54, 1.807) is 7.11 Å². The van der Waals surface area contributed by atoms with E-state index in [9.17, 15) is 4.79 Å². The van der Waals surface area contributed by atoms with Gasteiger partial charge in [-0.25, -0.2) is 0 Å². The monoisotopic (exact) mass is 262 g/mol. The summed E-state index contributed by atoms with van der Waals surface area (Å²) in [6, 6.07) is 6.05. The Hall–Kier alpha value is -1.39. The second-order valence-corrected chi connectivity index (χ2v) is 5.25. The first-order chi connectivity index (χ1) is 9.08. The van der Waals surface area contributed by atoms with Gasteiger partial charge in [-0.15, -0.1) is 0 Å². The molecule has 1 aromatic rings. The summed E-state index contributed by atoms with van der Waals surface area (Å²) >= 11 is 0. The van der Waals surface area contributed by atoms with E-state index in [1.807, 2.05) is 26.0 Å². The first-order valence-corrected chi connectivity index (χ1v) is 6.70. The number of likely N-dealkylation sites (tertiary alicyclic amines) is 1. The van der Waals surface area contributed by atoms with Gasteiger partial charge < -0.3 is 10.1 Å². The van der Waals surface area contributed by atoms with Crippen LogP contribution in [0.3, 0.4) is 0 Å². The van der Waals surface area contributed by atoms with Gasteiger partial charge in [0.05, 0.1) is 12.6 Å². The van der Waals surface area contributed by atoms with Crippen molar-refractivity contribution >= 4 is 11.6 Å². The van der Waals surface area contributed by atoms with E-state index in [2.05, 4.69) is 16.3 Å². The number of aryl methyl sites for hydroxylation is 2. The summed E-state index contributed by atoms with van der Waals surface area (Å²) in [6.45, 7) is 6.27. The number of hydrogen-bond acceptors (Lipinski definition) is 3. The fourth-order valence-corrected chi connectivity index (χ4v) is 2.48. The average Bonchev–Trinajstić information content (AvgIpc) is 2.80. The predicted molar refractivity (Wildman–Crippen MR) is 76.4 cm³/mol. The summed E-state index contributed by atoms with van der Waals surface area (Å²) < 4.78 is 5.30. The molecule has 1 unspecified atom stereocenters. The van der Waals surface area contributed by atoms with E-state index in [-0.39, 0.29) is 12.0 Å².